The molecule has 0 aliphatic carbocycles. The molecule has 5 nitrogen and oxygen atoms in total. The fourth-order valence-corrected chi connectivity index (χ4v) is 2.41. The van der Waals surface area contributed by atoms with Gasteiger partial charge in [0.05, 0.1) is 12.3 Å². The molecule has 124 valence electrons. The van der Waals surface area contributed by atoms with Crippen LogP contribution < -0.4 is 10.6 Å². The molecule has 0 bridgehead atoms. The SMILES string of the molecule is CN(C)C(CNC(=O)NCCCc1ccccc1)c1ccco1. The van der Waals surface area contributed by atoms with Gasteiger partial charge in [-0.05, 0) is 44.6 Å². The average molecular weight is 315 g/mol. The zero-order valence-electron chi connectivity index (χ0n) is 13.8. The third-order valence-corrected chi connectivity index (χ3v) is 3.72. The van der Waals surface area contributed by atoms with E-state index in [1.165, 1.54) is 5.56 Å². The van der Waals surface area contributed by atoms with Gasteiger partial charge in [0.25, 0.3) is 0 Å². The summed E-state index contributed by atoms with van der Waals surface area (Å²) in [6.45, 7) is 1.17. The molecule has 0 aliphatic rings. The molecule has 0 fully saturated rings. The summed E-state index contributed by atoms with van der Waals surface area (Å²) < 4.78 is 5.42. The van der Waals surface area contributed by atoms with Gasteiger partial charge >= 0.3 is 6.03 Å². The molecule has 0 saturated carbocycles. The number of hydrogen-bond acceptors (Lipinski definition) is 3. The third kappa shape index (κ3) is 5.79. The topological polar surface area (TPSA) is 57.5 Å². The summed E-state index contributed by atoms with van der Waals surface area (Å²) in [5.74, 6) is 0.847. The number of furan rings is 1. The number of aryl methyl sites for hydroxylation is 1. The summed E-state index contributed by atoms with van der Waals surface area (Å²) in [5, 5.41) is 5.79. The minimum Gasteiger partial charge on any atom is -0.468 e. The van der Waals surface area contributed by atoms with Crippen molar-refractivity contribution < 1.29 is 9.21 Å². The van der Waals surface area contributed by atoms with Gasteiger partial charge in [-0.1, -0.05) is 30.3 Å². The van der Waals surface area contributed by atoms with E-state index >= 15 is 0 Å². The van der Waals surface area contributed by atoms with Crippen molar-refractivity contribution in [3.05, 3.63) is 60.1 Å². The van der Waals surface area contributed by atoms with Crippen LogP contribution in [0, 0.1) is 0 Å². The Balaban J connectivity index is 1.66. The second-order valence-corrected chi connectivity index (χ2v) is 5.72. The van der Waals surface area contributed by atoms with E-state index in [9.17, 15) is 4.79 Å². The van der Waals surface area contributed by atoms with Crippen molar-refractivity contribution in [1.29, 1.82) is 0 Å². The normalized spacial score (nSPS) is 12.1. The van der Waals surface area contributed by atoms with E-state index in [0.717, 1.165) is 18.6 Å². The number of amides is 2. The quantitative estimate of drug-likeness (QED) is 0.737. The molecule has 1 heterocycles. The van der Waals surface area contributed by atoms with E-state index in [-0.39, 0.29) is 12.1 Å². The van der Waals surface area contributed by atoms with Crippen molar-refractivity contribution in [2.24, 2.45) is 0 Å². The second-order valence-electron chi connectivity index (χ2n) is 5.72. The highest BCUT2D eigenvalue weighted by Gasteiger charge is 2.17. The van der Waals surface area contributed by atoms with Gasteiger partial charge in [0.15, 0.2) is 0 Å². The first-order valence-corrected chi connectivity index (χ1v) is 7.92. The minimum absolute atomic E-state index is 0.0278. The molecule has 0 spiro atoms. The van der Waals surface area contributed by atoms with Crippen LogP contribution in [0.1, 0.15) is 23.8 Å². The fourth-order valence-electron chi connectivity index (χ4n) is 2.41. The molecule has 1 aromatic heterocycles. The molecule has 23 heavy (non-hydrogen) atoms. The van der Waals surface area contributed by atoms with Gasteiger partial charge in [-0.25, -0.2) is 4.79 Å². The van der Waals surface area contributed by atoms with E-state index in [4.69, 9.17) is 4.42 Å². The summed E-state index contributed by atoms with van der Waals surface area (Å²) in [6.07, 6.45) is 3.54. The van der Waals surface area contributed by atoms with Crippen LogP contribution in [-0.4, -0.2) is 38.1 Å². The lowest BCUT2D eigenvalue weighted by Gasteiger charge is -2.22. The van der Waals surface area contributed by atoms with Crippen molar-refractivity contribution in [1.82, 2.24) is 15.5 Å². The summed E-state index contributed by atoms with van der Waals surface area (Å²) >= 11 is 0. The largest absolute Gasteiger partial charge is 0.468 e. The Labute approximate surface area is 137 Å². The number of likely N-dealkylation sites (N-methyl/N-ethyl adjacent to an activating group) is 1. The monoisotopic (exact) mass is 315 g/mol. The Kier molecular flexibility index (Phi) is 6.69. The number of hydrogen-bond donors (Lipinski definition) is 2. The van der Waals surface area contributed by atoms with Crippen molar-refractivity contribution in [2.75, 3.05) is 27.2 Å². The lowest BCUT2D eigenvalue weighted by molar-refractivity contribution is 0.225. The molecular formula is C18H25N3O2. The summed E-state index contributed by atoms with van der Waals surface area (Å²) in [6, 6.07) is 13.9. The molecule has 2 aromatic rings. The van der Waals surface area contributed by atoms with Gasteiger partial charge in [-0.2, -0.15) is 0 Å². The molecule has 1 unspecified atom stereocenters. The Morgan fingerprint density at radius 3 is 2.57 bits per heavy atom. The summed E-state index contributed by atoms with van der Waals surface area (Å²) in [4.78, 5) is 13.9. The Hall–Kier alpha value is -2.27. The molecular weight excluding hydrogens is 290 g/mol. The van der Waals surface area contributed by atoms with E-state index in [1.54, 1.807) is 6.26 Å². The molecule has 2 N–H and O–H groups in total. The number of nitrogens with one attached hydrogen (secondary N) is 2. The van der Waals surface area contributed by atoms with E-state index < -0.39 is 0 Å². The maximum atomic E-state index is 11.9. The van der Waals surface area contributed by atoms with Crippen molar-refractivity contribution in [3.63, 3.8) is 0 Å². The van der Waals surface area contributed by atoms with E-state index in [2.05, 4.69) is 22.8 Å². The fraction of sp³-hybridized carbons (Fsp3) is 0.389. The van der Waals surface area contributed by atoms with E-state index in [0.29, 0.717) is 13.1 Å². The standard InChI is InChI=1S/C18H25N3O2/c1-21(2)16(17-11-7-13-23-17)14-20-18(22)19-12-6-10-15-8-4-3-5-9-15/h3-5,7-9,11,13,16H,6,10,12,14H2,1-2H3,(H2,19,20,22). The van der Waals surface area contributed by atoms with Gasteiger partial charge in [-0.15, -0.1) is 0 Å². The highest BCUT2D eigenvalue weighted by molar-refractivity contribution is 5.73. The van der Waals surface area contributed by atoms with Crippen LogP contribution in [0.15, 0.2) is 53.1 Å². The lowest BCUT2D eigenvalue weighted by atomic mass is 10.1. The van der Waals surface area contributed by atoms with Crippen LogP contribution in [0.5, 0.6) is 0 Å². The summed E-state index contributed by atoms with van der Waals surface area (Å²) in [7, 11) is 3.93. The highest BCUT2D eigenvalue weighted by Crippen LogP contribution is 2.17. The van der Waals surface area contributed by atoms with E-state index in [1.807, 2.05) is 49.3 Å². The van der Waals surface area contributed by atoms with Crippen LogP contribution >= 0.6 is 0 Å². The van der Waals surface area contributed by atoms with Crippen LogP contribution in [0.25, 0.3) is 0 Å². The maximum Gasteiger partial charge on any atom is 0.314 e. The van der Waals surface area contributed by atoms with Crippen LogP contribution in [-0.2, 0) is 6.42 Å². The number of carbonyl (C=O) groups is 1. The zero-order chi connectivity index (χ0) is 16.5. The first-order chi connectivity index (χ1) is 11.2. The number of nitrogens with zero attached hydrogens (tertiary/aromatic N) is 1. The predicted octanol–water partition coefficient (Wildman–Crippen LogP) is 2.81. The minimum atomic E-state index is -0.142. The van der Waals surface area contributed by atoms with Crippen molar-refractivity contribution in [3.8, 4) is 0 Å². The predicted molar refractivity (Wildman–Crippen MR) is 91.3 cm³/mol. The van der Waals surface area contributed by atoms with Crippen LogP contribution in [0.3, 0.4) is 0 Å². The van der Waals surface area contributed by atoms with Crippen LogP contribution in [0.4, 0.5) is 4.79 Å². The molecule has 0 saturated heterocycles. The molecule has 2 amide bonds. The molecule has 1 aromatic carbocycles. The van der Waals surface area contributed by atoms with Crippen LogP contribution in [0.2, 0.25) is 0 Å². The first-order valence-electron chi connectivity index (χ1n) is 7.92. The second kappa shape index (κ2) is 9.00. The Morgan fingerprint density at radius 2 is 1.91 bits per heavy atom. The van der Waals surface area contributed by atoms with Crippen molar-refractivity contribution >= 4 is 6.03 Å². The number of carbonyl (C=O) groups excluding carboxylic acids is 1. The molecule has 0 radical (unpaired) electrons. The van der Waals surface area contributed by atoms with Gasteiger partial charge < -0.3 is 15.1 Å². The molecule has 1 atom stereocenters. The van der Waals surface area contributed by atoms with Crippen molar-refractivity contribution in [2.45, 2.75) is 18.9 Å². The number of urea groups is 1. The number of benzene rings is 1. The van der Waals surface area contributed by atoms with Gasteiger partial charge in [0.1, 0.15) is 5.76 Å². The third-order valence-electron chi connectivity index (χ3n) is 3.72. The maximum absolute atomic E-state index is 11.9. The van der Waals surface area contributed by atoms with Gasteiger partial charge in [0.2, 0.25) is 0 Å². The van der Waals surface area contributed by atoms with Gasteiger partial charge in [-0.3, -0.25) is 4.90 Å². The average Bonchev–Trinajstić information content (AvgIpc) is 3.06. The summed E-state index contributed by atoms with van der Waals surface area (Å²) in [5.41, 5.74) is 1.29. The van der Waals surface area contributed by atoms with Gasteiger partial charge in [0, 0.05) is 13.1 Å². The molecule has 2 rings (SSSR count). The number of rotatable bonds is 8. The zero-order valence-corrected chi connectivity index (χ0v) is 13.8. The smallest absolute Gasteiger partial charge is 0.314 e. The highest BCUT2D eigenvalue weighted by atomic mass is 16.3. The molecule has 0 aliphatic heterocycles. The Morgan fingerprint density at radius 1 is 1.13 bits per heavy atom. The lowest BCUT2D eigenvalue weighted by Crippen LogP contribution is -2.40. The molecule has 5 heteroatoms. The first kappa shape index (κ1) is 17.1. The Bertz CT molecular complexity index is 567.